The lowest BCUT2D eigenvalue weighted by molar-refractivity contribution is 0.0946. The molecule has 0 unspecified atom stereocenters. The van der Waals surface area contributed by atoms with Gasteiger partial charge in [0.2, 0.25) is 0 Å². The molecule has 7 nitrogen and oxygen atoms in total. The molecule has 160 valence electrons. The lowest BCUT2D eigenvalue weighted by Crippen LogP contribution is -2.33. The lowest BCUT2D eigenvalue weighted by Gasteiger charge is -2.28. The Morgan fingerprint density at radius 1 is 1.17 bits per heavy atom. The molecular formula is C20H30Cl2N6O. The van der Waals surface area contributed by atoms with Crippen molar-refractivity contribution in [2.45, 2.75) is 38.3 Å². The third-order valence-corrected chi connectivity index (χ3v) is 5.57. The van der Waals surface area contributed by atoms with Crippen molar-refractivity contribution in [2.24, 2.45) is 0 Å². The van der Waals surface area contributed by atoms with Crippen LogP contribution in [0.5, 0.6) is 0 Å². The maximum absolute atomic E-state index is 12.3. The first-order chi connectivity index (χ1) is 13.3. The quantitative estimate of drug-likeness (QED) is 0.673. The van der Waals surface area contributed by atoms with Gasteiger partial charge >= 0.3 is 0 Å². The summed E-state index contributed by atoms with van der Waals surface area (Å²) in [5.41, 5.74) is 3.32. The summed E-state index contributed by atoms with van der Waals surface area (Å²) in [5, 5.41) is 14.5. The van der Waals surface area contributed by atoms with Gasteiger partial charge in [-0.25, -0.2) is 4.68 Å². The summed E-state index contributed by atoms with van der Waals surface area (Å²) in [5.74, 6) is -0.126. The van der Waals surface area contributed by atoms with E-state index in [0.29, 0.717) is 18.3 Å². The Morgan fingerprint density at radius 2 is 1.93 bits per heavy atom. The van der Waals surface area contributed by atoms with Crippen molar-refractivity contribution in [3.63, 3.8) is 0 Å². The minimum Gasteiger partial charge on any atom is -0.351 e. The molecular weight excluding hydrogens is 411 g/mol. The van der Waals surface area contributed by atoms with Gasteiger partial charge in [-0.3, -0.25) is 9.69 Å². The number of nitrogens with zero attached hydrogens (tertiary/aromatic N) is 4. The Morgan fingerprint density at radius 3 is 2.72 bits per heavy atom. The number of carbonyl (C=O) groups excluding carboxylic acids is 1. The van der Waals surface area contributed by atoms with Crippen LogP contribution in [-0.2, 0) is 13.0 Å². The highest BCUT2D eigenvalue weighted by Gasteiger charge is 2.19. The fourth-order valence-corrected chi connectivity index (χ4v) is 3.97. The molecule has 4 rings (SSSR count). The van der Waals surface area contributed by atoms with Crippen molar-refractivity contribution in [1.29, 1.82) is 0 Å². The van der Waals surface area contributed by atoms with Crippen molar-refractivity contribution in [3.8, 4) is 0 Å². The number of rotatable bonds is 6. The maximum Gasteiger partial charge on any atom is 0.273 e. The smallest absolute Gasteiger partial charge is 0.273 e. The molecule has 2 aliphatic heterocycles. The number of carbonyl (C=O) groups is 1. The molecule has 1 aromatic heterocycles. The second-order valence-electron chi connectivity index (χ2n) is 7.47. The minimum atomic E-state index is -0.126. The van der Waals surface area contributed by atoms with Gasteiger partial charge in [0.1, 0.15) is 0 Å². The van der Waals surface area contributed by atoms with Crippen molar-refractivity contribution >= 4 is 30.7 Å². The van der Waals surface area contributed by atoms with E-state index in [2.05, 4.69) is 50.1 Å². The van der Waals surface area contributed by atoms with Gasteiger partial charge in [-0.05, 0) is 49.9 Å². The number of aromatic nitrogens is 3. The zero-order chi connectivity index (χ0) is 18.5. The summed E-state index contributed by atoms with van der Waals surface area (Å²) in [4.78, 5) is 14.8. The highest BCUT2D eigenvalue weighted by Crippen LogP contribution is 2.18. The second-order valence-corrected chi connectivity index (χ2v) is 7.47. The zero-order valence-corrected chi connectivity index (χ0v) is 18.2. The average molecular weight is 441 g/mol. The van der Waals surface area contributed by atoms with Gasteiger partial charge in [0.05, 0.1) is 12.2 Å². The molecule has 1 amide bonds. The summed E-state index contributed by atoms with van der Waals surface area (Å²) < 4.78 is 1.85. The van der Waals surface area contributed by atoms with E-state index >= 15 is 0 Å². The maximum atomic E-state index is 12.3. The molecule has 1 saturated heterocycles. The molecule has 2 aromatic rings. The lowest BCUT2D eigenvalue weighted by atomic mass is 10.00. The molecule has 1 aromatic carbocycles. The predicted molar refractivity (Wildman–Crippen MR) is 118 cm³/mol. The summed E-state index contributed by atoms with van der Waals surface area (Å²) >= 11 is 0. The average Bonchev–Trinajstić information content (AvgIpc) is 3.22. The van der Waals surface area contributed by atoms with Crippen LogP contribution in [0.4, 0.5) is 0 Å². The van der Waals surface area contributed by atoms with Crippen molar-refractivity contribution in [1.82, 2.24) is 30.5 Å². The van der Waals surface area contributed by atoms with Crippen LogP contribution >= 0.6 is 24.8 Å². The summed E-state index contributed by atoms with van der Waals surface area (Å²) in [6.07, 6.45) is 5.90. The normalized spacial score (nSPS) is 17.0. The molecule has 9 heteroatoms. The Hall–Kier alpha value is -1.67. The second kappa shape index (κ2) is 11.5. The molecule has 0 radical (unpaired) electrons. The van der Waals surface area contributed by atoms with Crippen molar-refractivity contribution in [2.75, 3.05) is 32.7 Å². The van der Waals surface area contributed by atoms with Gasteiger partial charge in [0.25, 0.3) is 5.91 Å². The standard InChI is InChI=1S/C20H28N6O.2ClH/c27-20(19-15-26(24-23-19)18-6-10-21-11-7-18)22-9-3-12-25-13-8-16-4-1-2-5-17(16)14-25;;/h1-2,4-5,15,18,21H,3,6-14H2,(H,22,27);2*1H. The Labute approximate surface area is 184 Å². The van der Waals surface area contributed by atoms with E-state index < -0.39 is 0 Å². The summed E-state index contributed by atoms with van der Waals surface area (Å²) in [7, 11) is 0. The Balaban J connectivity index is 0.00000150. The number of fused-ring (bicyclic) bond motifs is 1. The molecule has 3 heterocycles. The number of nitrogens with one attached hydrogen (secondary N) is 2. The molecule has 0 bridgehead atoms. The number of piperidine rings is 1. The largest absolute Gasteiger partial charge is 0.351 e. The van der Waals surface area contributed by atoms with E-state index in [9.17, 15) is 4.79 Å². The topological polar surface area (TPSA) is 75.1 Å². The van der Waals surface area contributed by atoms with Crippen LogP contribution in [0.3, 0.4) is 0 Å². The molecule has 0 aliphatic carbocycles. The zero-order valence-electron chi connectivity index (χ0n) is 16.5. The summed E-state index contributed by atoms with van der Waals surface area (Å²) in [6.45, 7) is 5.75. The van der Waals surface area contributed by atoms with Crippen LogP contribution < -0.4 is 10.6 Å². The fourth-order valence-electron chi connectivity index (χ4n) is 3.97. The van der Waals surface area contributed by atoms with Crippen LogP contribution in [0.2, 0.25) is 0 Å². The van der Waals surface area contributed by atoms with Crippen LogP contribution in [-0.4, -0.2) is 58.5 Å². The molecule has 2 N–H and O–H groups in total. The van der Waals surface area contributed by atoms with E-state index in [0.717, 1.165) is 58.4 Å². The van der Waals surface area contributed by atoms with Crippen molar-refractivity contribution in [3.05, 3.63) is 47.3 Å². The first kappa shape index (κ1) is 23.6. The molecule has 1 fully saturated rings. The minimum absolute atomic E-state index is 0. The molecule has 0 spiro atoms. The van der Waals surface area contributed by atoms with Gasteiger partial charge in [-0.1, -0.05) is 29.5 Å². The van der Waals surface area contributed by atoms with Crippen LogP contribution in [0.1, 0.15) is 46.9 Å². The number of benzene rings is 1. The molecule has 0 atom stereocenters. The molecule has 2 aliphatic rings. The van der Waals surface area contributed by atoms with Gasteiger partial charge in [0, 0.05) is 26.2 Å². The number of halogens is 2. The van der Waals surface area contributed by atoms with Gasteiger partial charge in [-0.2, -0.15) is 0 Å². The third kappa shape index (κ3) is 6.15. The van der Waals surface area contributed by atoms with E-state index in [-0.39, 0.29) is 30.7 Å². The Kier molecular flexibility index (Phi) is 9.36. The van der Waals surface area contributed by atoms with E-state index in [1.807, 2.05) is 4.68 Å². The van der Waals surface area contributed by atoms with Crippen LogP contribution in [0, 0.1) is 0 Å². The highest BCUT2D eigenvalue weighted by molar-refractivity contribution is 5.91. The number of hydrogen-bond donors (Lipinski definition) is 2. The molecule has 29 heavy (non-hydrogen) atoms. The van der Waals surface area contributed by atoms with Gasteiger partial charge < -0.3 is 10.6 Å². The highest BCUT2D eigenvalue weighted by atomic mass is 35.5. The van der Waals surface area contributed by atoms with Crippen molar-refractivity contribution < 1.29 is 4.79 Å². The fraction of sp³-hybridized carbons (Fsp3) is 0.550. The Bertz CT molecular complexity index is 778. The summed E-state index contributed by atoms with van der Waals surface area (Å²) in [6, 6.07) is 9.02. The van der Waals surface area contributed by atoms with Gasteiger partial charge in [0.15, 0.2) is 5.69 Å². The SMILES string of the molecule is Cl.Cl.O=C(NCCCN1CCc2ccccc2C1)c1cn(C2CCNCC2)nn1. The number of hydrogen-bond acceptors (Lipinski definition) is 5. The monoisotopic (exact) mass is 440 g/mol. The predicted octanol–water partition coefficient (Wildman–Crippen LogP) is 2.22. The van der Waals surface area contributed by atoms with E-state index in [1.54, 1.807) is 6.20 Å². The first-order valence-corrected chi connectivity index (χ1v) is 9.99. The third-order valence-electron chi connectivity index (χ3n) is 5.57. The first-order valence-electron chi connectivity index (χ1n) is 9.99. The van der Waals surface area contributed by atoms with Crippen LogP contribution in [0.15, 0.2) is 30.5 Å². The molecule has 0 saturated carbocycles. The number of amides is 1. The van der Waals surface area contributed by atoms with E-state index in [4.69, 9.17) is 0 Å². The van der Waals surface area contributed by atoms with Gasteiger partial charge in [-0.15, -0.1) is 29.9 Å². The van der Waals surface area contributed by atoms with Crippen LogP contribution in [0.25, 0.3) is 0 Å². The van der Waals surface area contributed by atoms with E-state index in [1.165, 1.54) is 11.1 Å².